The van der Waals surface area contributed by atoms with Crippen molar-refractivity contribution in [2.75, 3.05) is 13.7 Å². The first-order valence-electron chi connectivity index (χ1n) is 7.35. The third-order valence-corrected chi connectivity index (χ3v) is 4.13. The van der Waals surface area contributed by atoms with E-state index in [4.69, 9.17) is 4.74 Å². The number of halogens is 1. The standard InChI is InChI=1S/C18H22BrNO/c1-4-13-6-8-14(9-7-13)18(20-5-2)16-11-10-15(19)12-17(16)21-3/h6-12,18,20H,4-5H2,1-3H3. The van der Waals surface area contributed by atoms with Gasteiger partial charge in [0, 0.05) is 10.0 Å². The molecule has 0 amide bonds. The summed E-state index contributed by atoms with van der Waals surface area (Å²) in [6.07, 6.45) is 1.06. The number of aryl methyl sites for hydroxylation is 1. The summed E-state index contributed by atoms with van der Waals surface area (Å²) in [6, 6.07) is 15.1. The van der Waals surface area contributed by atoms with Gasteiger partial charge in [-0.3, -0.25) is 0 Å². The van der Waals surface area contributed by atoms with E-state index in [0.29, 0.717) is 0 Å². The van der Waals surface area contributed by atoms with Crippen LogP contribution in [0.15, 0.2) is 46.9 Å². The topological polar surface area (TPSA) is 21.3 Å². The van der Waals surface area contributed by atoms with Gasteiger partial charge < -0.3 is 10.1 Å². The summed E-state index contributed by atoms with van der Waals surface area (Å²) in [7, 11) is 1.72. The van der Waals surface area contributed by atoms with Gasteiger partial charge in [-0.05, 0) is 36.2 Å². The molecule has 0 saturated heterocycles. The second-order valence-corrected chi connectivity index (χ2v) is 5.89. The molecular weight excluding hydrogens is 326 g/mol. The van der Waals surface area contributed by atoms with Gasteiger partial charge in [0.1, 0.15) is 5.75 Å². The Morgan fingerprint density at radius 2 is 1.81 bits per heavy atom. The van der Waals surface area contributed by atoms with Crippen molar-refractivity contribution >= 4 is 15.9 Å². The first-order chi connectivity index (χ1) is 10.2. The molecule has 1 N–H and O–H groups in total. The van der Waals surface area contributed by atoms with Crippen LogP contribution in [0.5, 0.6) is 5.75 Å². The third kappa shape index (κ3) is 3.86. The van der Waals surface area contributed by atoms with Crippen LogP contribution in [-0.2, 0) is 6.42 Å². The molecule has 0 spiro atoms. The maximum Gasteiger partial charge on any atom is 0.125 e. The van der Waals surface area contributed by atoms with Gasteiger partial charge in [-0.25, -0.2) is 0 Å². The van der Waals surface area contributed by atoms with Gasteiger partial charge in [0.05, 0.1) is 13.2 Å². The van der Waals surface area contributed by atoms with E-state index in [9.17, 15) is 0 Å². The molecule has 2 aromatic carbocycles. The summed E-state index contributed by atoms with van der Waals surface area (Å²) < 4.78 is 6.58. The van der Waals surface area contributed by atoms with E-state index in [1.165, 1.54) is 11.1 Å². The number of ether oxygens (including phenoxy) is 1. The van der Waals surface area contributed by atoms with E-state index in [1.807, 2.05) is 6.07 Å². The summed E-state index contributed by atoms with van der Waals surface area (Å²) in [6.45, 7) is 5.20. The summed E-state index contributed by atoms with van der Waals surface area (Å²) in [4.78, 5) is 0. The highest BCUT2D eigenvalue weighted by Crippen LogP contribution is 2.32. The predicted molar refractivity (Wildman–Crippen MR) is 92.0 cm³/mol. The first-order valence-corrected chi connectivity index (χ1v) is 8.14. The van der Waals surface area contributed by atoms with E-state index in [1.54, 1.807) is 7.11 Å². The Balaban J connectivity index is 2.42. The zero-order valence-electron chi connectivity index (χ0n) is 12.8. The molecule has 2 nitrogen and oxygen atoms in total. The highest BCUT2D eigenvalue weighted by atomic mass is 79.9. The molecule has 2 aromatic rings. The molecule has 0 aromatic heterocycles. The van der Waals surface area contributed by atoms with E-state index < -0.39 is 0 Å². The molecule has 1 atom stereocenters. The van der Waals surface area contributed by atoms with E-state index in [0.717, 1.165) is 28.8 Å². The van der Waals surface area contributed by atoms with Gasteiger partial charge in [-0.1, -0.05) is 60.1 Å². The van der Waals surface area contributed by atoms with Crippen LogP contribution in [0.2, 0.25) is 0 Å². The quantitative estimate of drug-likeness (QED) is 0.816. The lowest BCUT2D eigenvalue weighted by Crippen LogP contribution is -2.22. The average molecular weight is 348 g/mol. The minimum absolute atomic E-state index is 0.143. The fraction of sp³-hybridized carbons (Fsp3) is 0.333. The van der Waals surface area contributed by atoms with Crippen molar-refractivity contribution in [1.29, 1.82) is 0 Å². The lowest BCUT2D eigenvalue weighted by atomic mass is 9.96. The smallest absolute Gasteiger partial charge is 0.125 e. The maximum absolute atomic E-state index is 5.55. The zero-order chi connectivity index (χ0) is 15.2. The summed E-state index contributed by atoms with van der Waals surface area (Å²) in [5.74, 6) is 0.898. The van der Waals surface area contributed by atoms with Gasteiger partial charge in [-0.2, -0.15) is 0 Å². The Morgan fingerprint density at radius 3 is 2.38 bits per heavy atom. The molecular formula is C18H22BrNO. The van der Waals surface area contributed by atoms with Crippen LogP contribution < -0.4 is 10.1 Å². The molecule has 1 unspecified atom stereocenters. The van der Waals surface area contributed by atoms with Crippen molar-refractivity contribution < 1.29 is 4.74 Å². The van der Waals surface area contributed by atoms with Gasteiger partial charge >= 0.3 is 0 Å². The Morgan fingerprint density at radius 1 is 1.10 bits per heavy atom. The number of methoxy groups -OCH3 is 1. The molecule has 0 bridgehead atoms. The molecule has 0 heterocycles. The van der Waals surface area contributed by atoms with Crippen LogP contribution in [-0.4, -0.2) is 13.7 Å². The number of benzene rings is 2. The molecule has 0 aliphatic carbocycles. The Bertz CT molecular complexity index is 580. The average Bonchev–Trinajstić information content (AvgIpc) is 2.53. The molecule has 0 fully saturated rings. The maximum atomic E-state index is 5.55. The number of hydrogen-bond donors (Lipinski definition) is 1. The van der Waals surface area contributed by atoms with Crippen LogP contribution in [0.1, 0.15) is 36.6 Å². The van der Waals surface area contributed by atoms with Crippen molar-refractivity contribution in [2.45, 2.75) is 26.3 Å². The minimum atomic E-state index is 0.143. The number of rotatable bonds is 6. The van der Waals surface area contributed by atoms with Crippen molar-refractivity contribution in [3.63, 3.8) is 0 Å². The van der Waals surface area contributed by atoms with Crippen molar-refractivity contribution in [3.05, 3.63) is 63.6 Å². The predicted octanol–water partition coefficient (Wildman–Crippen LogP) is 4.72. The molecule has 3 heteroatoms. The number of nitrogens with one attached hydrogen (secondary N) is 1. The lowest BCUT2D eigenvalue weighted by Gasteiger charge is -2.21. The normalized spacial score (nSPS) is 12.2. The second-order valence-electron chi connectivity index (χ2n) is 4.97. The third-order valence-electron chi connectivity index (χ3n) is 3.64. The van der Waals surface area contributed by atoms with E-state index >= 15 is 0 Å². The molecule has 21 heavy (non-hydrogen) atoms. The van der Waals surface area contributed by atoms with Crippen LogP contribution in [0.4, 0.5) is 0 Å². The summed E-state index contributed by atoms with van der Waals surface area (Å²) >= 11 is 3.50. The van der Waals surface area contributed by atoms with Gasteiger partial charge in [-0.15, -0.1) is 0 Å². The molecule has 0 aliphatic heterocycles. The number of hydrogen-bond acceptors (Lipinski definition) is 2. The first kappa shape index (κ1) is 16.1. The van der Waals surface area contributed by atoms with Gasteiger partial charge in [0.2, 0.25) is 0 Å². The lowest BCUT2D eigenvalue weighted by molar-refractivity contribution is 0.404. The zero-order valence-corrected chi connectivity index (χ0v) is 14.4. The van der Waals surface area contributed by atoms with Crippen LogP contribution in [0.3, 0.4) is 0 Å². The molecule has 0 radical (unpaired) electrons. The monoisotopic (exact) mass is 347 g/mol. The van der Waals surface area contributed by atoms with E-state index in [2.05, 4.69) is 71.5 Å². The molecule has 0 aliphatic rings. The summed E-state index contributed by atoms with van der Waals surface area (Å²) in [5, 5.41) is 3.55. The molecule has 0 saturated carbocycles. The van der Waals surface area contributed by atoms with Crippen molar-refractivity contribution in [3.8, 4) is 5.75 Å². The highest BCUT2D eigenvalue weighted by Gasteiger charge is 2.17. The minimum Gasteiger partial charge on any atom is -0.496 e. The fourth-order valence-corrected chi connectivity index (χ4v) is 2.82. The fourth-order valence-electron chi connectivity index (χ4n) is 2.48. The van der Waals surface area contributed by atoms with Gasteiger partial charge in [0.15, 0.2) is 0 Å². The SMILES string of the molecule is CCNC(c1ccc(CC)cc1)c1ccc(Br)cc1OC. The Hall–Kier alpha value is -1.32. The molecule has 112 valence electrons. The summed E-state index contributed by atoms with van der Waals surface area (Å²) in [5.41, 5.74) is 3.78. The second kappa shape index (κ2) is 7.62. The van der Waals surface area contributed by atoms with Crippen molar-refractivity contribution in [2.24, 2.45) is 0 Å². The largest absolute Gasteiger partial charge is 0.496 e. The molecule has 2 rings (SSSR count). The van der Waals surface area contributed by atoms with E-state index in [-0.39, 0.29) is 6.04 Å². The van der Waals surface area contributed by atoms with Crippen LogP contribution in [0, 0.1) is 0 Å². The van der Waals surface area contributed by atoms with Crippen LogP contribution in [0.25, 0.3) is 0 Å². The Kier molecular flexibility index (Phi) is 5.83. The Labute approximate surface area is 135 Å². The van der Waals surface area contributed by atoms with Crippen molar-refractivity contribution in [1.82, 2.24) is 5.32 Å². The van der Waals surface area contributed by atoms with Crippen LogP contribution >= 0.6 is 15.9 Å². The highest BCUT2D eigenvalue weighted by molar-refractivity contribution is 9.10. The van der Waals surface area contributed by atoms with Gasteiger partial charge in [0.25, 0.3) is 0 Å².